The van der Waals surface area contributed by atoms with Gasteiger partial charge in [0.2, 0.25) is 0 Å². The molecule has 1 unspecified atom stereocenters. The molecule has 78 valence electrons. The van der Waals surface area contributed by atoms with Crippen LogP contribution in [0.4, 0.5) is 0 Å². The number of benzene rings is 1. The van der Waals surface area contributed by atoms with E-state index >= 15 is 0 Å². The van der Waals surface area contributed by atoms with Gasteiger partial charge in [-0.1, -0.05) is 40.6 Å². The van der Waals surface area contributed by atoms with E-state index in [0.29, 0.717) is 17.8 Å². The average Bonchev–Trinajstić information content (AvgIpc) is 2.78. The Morgan fingerprint density at radius 2 is 2.20 bits per heavy atom. The zero-order valence-electron chi connectivity index (χ0n) is 8.42. The van der Waals surface area contributed by atoms with Gasteiger partial charge in [-0.15, -0.1) is 0 Å². The van der Waals surface area contributed by atoms with Crippen molar-refractivity contribution >= 4 is 11.4 Å². The van der Waals surface area contributed by atoms with E-state index in [2.05, 4.69) is 10.3 Å². The van der Waals surface area contributed by atoms with E-state index < -0.39 is 0 Å². The van der Waals surface area contributed by atoms with E-state index in [1.54, 1.807) is 6.92 Å². The quantitative estimate of drug-likeness (QED) is 0.456. The molecule has 0 fully saturated rings. The Labute approximate surface area is 87.9 Å². The van der Waals surface area contributed by atoms with Gasteiger partial charge in [0, 0.05) is 6.42 Å². The lowest BCUT2D eigenvalue weighted by Crippen LogP contribution is -2.08. The van der Waals surface area contributed by atoms with Gasteiger partial charge in [-0.25, -0.2) is 0 Å². The van der Waals surface area contributed by atoms with Crippen LogP contribution in [0, 0.1) is 0 Å². The molecule has 2 rings (SSSR count). The highest BCUT2D eigenvalue weighted by Gasteiger charge is 2.24. The maximum absolute atomic E-state index is 8.60. The van der Waals surface area contributed by atoms with E-state index in [-0.39, 0.29) is 6.10 Å². The molecule has 0 radical (unpaired) electrons. The minimum absolute atomic E-state index is 0.0575. The molecule has 1 N–H and O–H groups in total. The number of hydrogen-bond donors (Lipinski definition) is 1. The predicted molar refractivity (Wildman–Crippen MR) is 57.2 cm³/mol. The van der Waals surface area contributed by atoms with E-state index in [0.717, 1.165) is 5.56 Å². The molecule has 1 heterocycles. The molecule has 0 amide bonds. The zero-order chi connectivity index (χ0) is 10.7. The molecular weight excluding hydrogens is 192 g/mol. The normalized spacial score (nSPS) is 21.0. The summed E-state index contributed by atoms with van der Waals surface area (Å²) in [6, 6.07) is 9.87. The first-order valence-electron chi connectivity index (χ1n) is 4.78. The van der Waals surface area contributed by atoms with Gasteiger partial charge in [-0.3, -0.25) is 0 Å². The van der Waals surface area contributed by atoms with Crippen LogP contribution in [0.3, 0.4) is 0 Å². The Morgan fingerprint density at radius 3 is 2.87 bits per heavy atom. The number of nitrogens with zero attached hydrogens (tertiary/aromatic N) is 2. The topological polar surface area (TPSA) is 54.2 Å². The lowest BCUT2D eigenvalue weighted by Gasteiger charge is -2.07. The molecule has 0 bridgehead atoms. The van der Waals surface area contributed by atoms with Crippen LogP contribution >= 0.6 is 0 Å². The van der Waals surface area contributed by atoms with Crippen LogP contribution in [-0.4, -0.2) is 16.6 Å². The van der Waals surface area contributed by atoms with Crippen molar-refractivity contribution in [2.45, 2.75) is 19.4 Å². The van der Waals surface area contributed by atoms with Gasteiger partial charge in [0.25, 0.3) is 0 Å². The molecule has 0 aliphatic carbocycles. The first-order chi connectivity index (χ1) is 7.31. The molecule has 4 nitrogen and oxygen atoms in total. The van der Waals surface area contributed by atoms with Crippen molar-refractivity contribution in [3.8, 4) is 0 Å². The van der Waals surface area contributed by atoms with Crippen LogP contribution in [0.15, 0.2) is 40.6 Å². The molecule has 4 heteroatoms. The second-order valence-corrected chi connectivity index (χ2v) is 3.43. The fourth-order valence-corrected chi connectivity index (χ4v) is 1.50. The summed E-state index contributed by atoms with van der Waals surface area (Å²) in [5.74, 6) is 0. The fraction of sp³-hybridized carbons (Fsp3) is 0.273. The van der Waals surface area contributed by atoms with Gasteiger partial charge in [0.1, 0.15) is 11.4 Å². The second kappa shape index (κ2) is 4.13. The van der Waals surface area contributed by atoms with E-state index in [4.69, 9.17) is 10.0 Å². The summed E-state index contributed by atoms with van der Waals surface area (Å²) in [6.45, 7) is 1.70. The van der Waals surface area contributed by atoms with Crippen molar-refractivity contribution in [2.24, 2.45) is 10.3 Å². The third kappa shape index (κ3) is 1.98. The van der Waals surface area contributed by atoms with Crippen LogP contribution in [0.5, 0.6) is 0 Å². The third-order valence-corrected chi connectivity index (χ3v) is 2.41. The zero-order valence-corrected chi connectivity index (χ0v) is 8.42. The SMILES string of the molecule is C/C(=N\O)C1=NOC(c2ccccc2)C1. The molecule has 1 aliphatic heterocycles. The fourth-order valence-electron chi connectivity index (χ4n) is 1.50. The van der Waals surface area contributed by atoms with Gasteiger partial charge in [0.05, 0.1) is 0 Å². The van der Waals surface area contributed by atoms with Crippen molar-refractivity contribution in [3.63, 3.8) is 0 Å². The predicted octanol–water partition coefficient (Wildman–Crippen LogP) is 2.35. The smallest absolute Gasteiger partial charge is 0.158 e. The summed E-state index contributed by atoms with van der Waals surface area (Å²) >= 11 is 0. The molecule has 0 saturated carbocycles. The Hall–Kier alpha value is -1.84. The first kappa shape index (κ1) is 9.71. The van der Waals surface area contributed by atoms with E-state index in [1.165, 1.54) is 0 Å². The van der Waals surface area contributed by atoms with Gasteiger partial charge in [0.15, 0.2) is 6.10 Å². The van der Waals surface area contributed by atoms with Gasteiger partial charge < -0.3 is 10.0 Å². The molecule has 0 aromatic heterocycles. The molecular formula is C11H12N2O2. The van der Waals surface area contributed by atoms with Crippen LogP contribution in [-0.2, 0) is 4.84 Å². The molecule has 0 spiro atoms. The molecule has 1 aromatic carbocycles. The van der Waals surface area contributed by atoms with E-state index in [9.17, 15) is 0 Å². The monoisotopic (exact) mass is 204 g/mol. The molecule has 1 atom stereocenters. The summed E-state index contributed by atoms with van der Waals surface area (Å²) in [5, 5.41) is 15.6. The Balaban J connectivity index is 2.09. The maximum atomic E-state index is 8.60. The summed E-state index contributed by atoms with van der Waals surface area (Å²) in [4.78, 5) is 5.27. The lowest BCUT2D eigenvalue weighted by atomic mass is 10.0. The average molecular weight is 204 g/mol. The maximum Gasteiger partial charge on any atom is 0.158 e. The lowest BCUT2D eigenvalue weighted by molar-refractivity contribution is 0.0857. The van der Waals surface area contributed by atoms with Gasteiger partial charge in [-0.2, -0.15) is 0 Å². The minimum Gasteiger partial charge on any atom is -0.411 e. The Morgan fingerprint density at radius 1 is 1.47 bits per heavy atom. The van der Waals surface area contributed by atoms with Gasteiger partial charge >= 0.3 is 0 Å². The summed E-state index contributed by atoms with van der Waals surface area (Å²) in [5.41, 5.74) is 2.29. The molecule has 1 aliphatic rings. The van der Waals surface area contributed by atoms with Gasteiger partial charge in [-0.05, 0) is 12.5 Å². The highest BCUT2D eigenvalue weighted by atomic mass is 16.6. The van der Waals surface area contributed by atoms with Crippen molar-refractivity contribution in [1.29, 1.82) is 0 Å². The summed E-state index contributed by atoms with van der Waals surface area (Å²) < 4.78 is 0. The Bertz CT molecular complexity index is 398. The van der Waals surface area contributed by atoms with Crippen LogP contribution in [0.1, 0.15) is 25.0 Å². The van der Waals surface area contributed by atoms with Crippen molar-refractivity contribution in [3.05, 3.63) is 35.9 Å². The molecule has 1 aromatic rings. The van der Waals surface area contributed by atoms with Crippen molar-refractivity contribution in [1.82, 2.24) is 0 Å². The number of hydrogen-bond acceptors (Lipinski definition) is 4. The molecule has 0 saturated heterocycles. The Kier molecular flexibility index (Phi) is 2.67. The third-order valence-electron chi connectivity index (χ3n) is 2.41. The van der Waals surface area contributed by atoms with Crippen LogP contribution < -0.4 is 0 Å². The van der Waals surface area contributed by atoms with E-state index in [1.807, 2.05) is 30.3 Å². The van der Waals surface area contributed by atoms with Crippen LogP contribution in [0.2, 0.25) is 0 Å². The number of rotatable bonds is 2. The number of oxime groups is 2. The summed E-state index contributed by atoms with van der Waals surface area (Å²) in [7, 11) is 0. The minimum atomic E-state index is -0.0575. The highest BCUT2D eigenvalue weighted by Crippen LogP contribution is 2.27. The summed E-state index contributed by atoms with van der Waals surface area (Å²) in [6.07, 6.45) is 0.595. The molecule has 15 heavy (non-hydrogen) atoms. The first-order valence-corrected chi connectivity index (χ1v) is 4.78. The van der Waals surface area contributed by atoms with Crippen LogP contribution in [0.25, 0.3) is 0 Å². The largest absolute Gasteiger partial charge is 0.411 e. The highest BCUT2D eigenvalue weighted by molar-refractivity contribution is 6.41. The standard InChI is InChI=1S/C11H12N2O2/c1-8(12-14)10-7-11(15-13-10)9-5-3-2-4-6-9/h2-6,11,14H,7H2,1H3/b12-8+. The second-order valence-electron chi connectivity index (χ2n) is 3.43. The van der Waals surface area contributed by atoms with Crippen molar-refractivity contribution in [2.75, 3.05) is 0 Å². The van der Waals surface area contributed by atoms with Crippen molar-refractivity contribution < 1.29 is 10.0 Å².